The smallest absolute Gasteiger partial charge is 0.00903 e. The minimum atomic E-state index is 0.471. The van der Waals surface area contributed by atoms with Crippen molar-refractivity contribution in [2.24, 2.45) is 17.6 Å². The van der Waals surface area contributed by atoms with E-state index in [0.29, 0.717) is 6.04 Å². The van der Waals surface area contributed by atoms with Crippen LogP contribution in [0.3, 0.4) is 0 Å². The number of hydrogen-bond donors (Lipinski definition) is 1. The lowest BCUT2D eigenvalue weighted by Crippen LogP contribution is -2.37. The van der Waals surface area contributed by atoms with E-state index in [0.717, 1.165) is 11.8 Å². The van der Waals surface area contributed by atoms with Gasteiger partial charge in [-0.2, -0.15) is 0 Å². The lowest BCUT2D eigenvalue weighted by atomic mass is 9.79. The van der Waals surface area contributed by atoms with Crippen molar-refractivity contribution in [2.45, 2.75) is 39.2 Å². The van der Waals surface area contributed by atoms with E-state index in [1.807, 2.05) is 0 Å². The molecule has 1 nitrogen and oxygen atoms in total. The Labute approximate surface area is 57.6 Å². The summed E-state index contributed by atoms with van der Waals surface area (Å²) in [5.74, 6) is 1.52. The van der Waals surface area contributed by atoms with Crippen molar-refractivity contribution in [2.75, 3.05) is 0 Å². The highest BCUT2D eigenvalue weighted by molar-refractivity contribution is 4.79. The Morgan fingerprint density at radius 3 is 1.89 bits per heavy atom. The van der Waals surface area contributed by atoms with Crippen molar-refractivity contribution in [1.29, 1.82) is 0 Å². The summed E-state index contributed by atoms with van der Waals surface area (Å²) in [6, 6.07) is 0.471. The number of nitrogens with two attached hydrogens (primary N) is 1. The first-order chi connectivity index (χ1) is 4.22. The van der Waals surface area contributed by atoms with Crippen molar-refractivity contribution in [3.05, 3.63) is 0 Å². The van der Waals surface area contributed by atoms with Crippen LogP contribution in [0, 0.1) is 11.8 Å². The maximum Gasteiger partial charge on any atom is 0.00903 e. The van der Waals surface area contributed by atoms with E-state index in [1.165, 1.54) is 19.3 Å². The summed E-state index contributed by atoms with van der Waals surface area (Å²) in [7, 11) is 0. The largest absolute Gasteiger partial charge is 0.327 e. The molecule has 1 saturated carbocycles. The Kier molecular flexibility index (Phi) is 2.12. The maximum absolute atomic E-state index is 5.92. The van der Waals surface area contributed by atoms with E-state index in [9.17, 15) is 0 Å². The van der Waals surface area contributed by atoms with Crippen molar-refractivity contribution < 1.29 is 0 Å². The number of hydrogen-bond acceptors (Lipinski definition) is 1. The van der Waals surface area contributed by atoms with Gasteiger partial charge >= 0.3 is 0 Å². The maximum atomic E-state index is 5.92. The summed E-state index contributed by atoms with van der Waals surface area (Å²) in [4.78, 5) is 0. The normalized spacial score (nSPS) is 45.0. The van der Waals surface area contributed by atoms with Gasteiger partial charge in [0, 0.05) is 6.04 Å². The van der Waals surface area contributed by atoms with Crippen LogP contribution in [0.25, 0.3) is 0 Å². The van der Waals surface area contributed by atoms with Crippen molar-refractivity contribution in [3.63, 3.8) is 0 Å². The van der Waals surface area contributed by atoms with Gasteiger partial charge in [0.1, 0.15) is 0 Å². The molecule has 2 unspecified atom stereocenters. The monoisotopic (exact) mass is 127 g/mol. The molecule has 0 bridgehead atoms. The van der Waals surface area contributed by atoms with Gasteiger partial charge in [0.05, 0.1) is 0 Å². The third-order valence-corrected chi connectivity index (χ3v) is 2.63. The first kappa shape index (κ1) is 7.07. The van der Waals surface area contributed by atoms with E-state index >= 15 is 0 Å². The summed E-state index contributed by atoms with van der Waals surface area (Å²) < 4.78 is 0. The molecule has 0 spiro atoms. The Balaban J connectivity index is 2.41. The Morgan fingerprint density at radius 1 is 1.11 bits per heavy atom. The molecule has 0 aliphatic heterocycles. The Hall–Kier alpha value is -0.0400. The quantitative estimate of drug-likeness (QED) is 0.527. The van der Waals surface area contributed by atoms with Crippen LogP contribution < -0.4 is 5.73 Å². The lowest BCUT2D eigenvalue weighted by Gasteiger charge is -2.31. The third-order valence-electron chi connectivity index (χ3n) is 2.63. The fourth-order valence-electron chi connectivity index (χ4n) is 1.71. The van der Waals surface area contributed by atoms with Crippen molar-refractivity contribution >= 4 is 0 Å². The minimum absolute atomic E-state index is 0.471. The van der Waals surface area contributed by atoms with Crippen LogP contribution in [-0.2, 0) is 0 Å². The van der Waals surface area contributed by atoms with E-state index in [1.54, 1.807) is 0 Å². The first-order valence-corrected chi connectivity index (χ1v) is 3.97. The first-order valence-electron chi connectivity index (χ1n) is 3.97. The molecule has 0 heterocycles. The molecule has 0 aromatic carbocycles. The second kappa shape index (κ2) is 2.70. The van der Waals surface area contributed by atoms with Crippen molar-refractivity contribution in [1.82, 2.24) is 0 Å². The summed E-state index contributed by atoms with van der Waals surface area (Å²) in [6.07, 6.45) is 4.06. The van der Waals surface area contributed by atoms with Gasteiger partial charge in [-0.25, -0.2) is 0 Å². The average molecular weight is 127 g/mol. The molecule has 0 aromatic heterocycles. The average Bonchev–Trinajstić information content (AvgIpc) is 1.83. The molecule has 0 radical (unpaired) electrons. The van der Waals surface area contributed by atoms with Crippen LogP contribution in [0.5, 0.6) is 0 Å². The van der Waals surface area contributed by atoms with Crippen LogP contribution in [0.2, 0.25) is 0 Å². The Morgan fingerprint density at radius 2 is 1.56 bits per heavy atom. The molecule has 54 valence electrons. The standard InChI is InChI=1S/C8H17N/c1-6-4-3-5-7(2)8(6)9/h6-8H,3-5,9H2,1-2H3/t6-,7?,8?/m1/s1. The Bertz CT molecular complexity index is 80.6. The van der Waals surface area contributed by atoms with Crippen LogP contribution >= 0.6 is 0 Å². The molecule has 3 atom stereocenters. The highest BCUT2D eigenvalue weighted by atomic mass is 14.7. The molecular formula is C8H17N. The molecule has 1 heteroatoms. The minimum Gasteiger partial charge on any atom is -0.327 e. The van der Waals surface area contributed by atoms with Gasteiger partial charge < -0.3 is 5.73 Å². The van der Waals surface area contributed by atoms with Crippen LogP contribution in [0.1, 0.15) is 33.1 Å². The van der Waals surface area contributed by atoms with Gasteiger partial charge in [-0.1, -0.05) is 20.3 Å². The van der Waals surface area contributed by atoms with Gasteiger partial charge in [-0.05, 0) is 24.7 Å². The second-order valence-electron chi connectivity index (χ2n) is 3.46. The fraction of sp³-hybridized carbons (Fsp3) is 1.00. The van der Waals surface area contributed by atoms with E-state index < -0.39 is 0 Å². The molecule has 1 rings (SSSR count). The molecule has 2 N–H and O–H groups in total. The van der Waals surface area contributed by atoms with Gasteiger partial charge in [0.15, 0.2) is 0 Å². The van der Waals surface area contributed by atoms with Gasteiger partial charge in [0.25, 0.3) is 0 Å². The molecule has 1 fully saturated rings. The summed E-state index contributed by atoms with van der Waals surface area (Å²) in [5.41, 5.74) is 5.92. The van der Waals surface area contributed by atoms with Crippen LogP contribution in [-0.4, -0.2) is 6.04 Å². The van der Waals surface area contributed by atoms with Gasteiger partial charge in [0.2, 0.25) is 0 Å². The van der Waals surface area contributed by atoms with E-state index in [2.05, 4.69) is 13.8 Å². The molecule has 0 saturated heterocycles. The molecule has 1 aliphatic carbocycles. The highest BCUT2D eigenvalue weighted by Crippen LogP contribution is 2.26. The van der Waals surface area contributed by atoms with Gasteiger partial charge in [-0.15, -0.1) is 0 Å². The molecule has 0 amide bonds. The third kappa shape index (κ3) is 1.45. The zero-order chi connectivity index (χ0) is 6.85. The number of rotatable bonds is 0. The molecule has 1 aliphatic rings. The summed E-state index contributed by atoms with van der Waals surface area (Å²) in [6.45, 7) is 4.53. The zero-order valence-corrected chi connectivity index (χ0v) is 6.43. The second-order valence-corrected chi connectivity index (χ2v) is 3.46. The van der Waals surface area contributed by atoms with E-state index in [-0.39, 0.29) is 0 Å². The zero-order valence-electron chi connectivity index (χ0n) is 6.43. The van der Waals surface area contributed by atoms with E-state index in [4.69, 9.17) is 5.73 Å². The summed E-state index contributed by atoms with van der Waals surface area (Å²) >= 11 is 0. The van der Waals surface area contributed by atoms with Gasteiger partial charge in [-0.3, -0.25) is 0 Å². The SMILES string of the molecule is CC1CCC[C@@H](C)C1N. The molecular weight excluding hydrogens is 110 g/mol. The van der Waals surface area contributed by atoms with Crippen LogP contribution in [0.4, 0.5) is 0 Å². The lowest BCUT2D eigenvalue weighted by molar-refractivity contribution is 0.251. The topological polar surface area (TPSA) is 26.0 Å². The van der Waals surface area contributed by atoms with Crippen molar-refractivity contribution in [3.8, 4) is 0 Å². The molecule has 0 aromatic rings. The predicted octanol–water partition coefficient (Wildman–Crippen LogP) is 1.77. The van der Waals surface area contributed by atoms with Crippen LogP contribution in [0.15, 0.2) is 0 Å². The highest BCUT2D eigenvalue weighted by Gasteiger charge is 2.23. The predicted molar refractivity (Wildman–Crippen MR) is 40.2 cm³/mol. The molecule has 9 heavy (non-hydrogen) atoms. The fourth-order valence-corrected chi connectivity index (χ4v) is 1.71. The summed E-state index contributed by atoms with van der Waals surface area (Å²) in [5, 5.41) is 0.